The fraction of sp³-hybridized carbons (Fsp3) is 0.611. The molecule has 1 aromatic rings. The summed E-state index contributed by atoms with van der Waals surface area (Å²) in [5.41, 5.74) is 0.578. The molecule has 1 fully saturated rings. The number of hydrogen-bond acceptors (Lipinski definition) is 5. The molecule has 1 N–H and O–H groups in total. The Labute approximate surface area is 144 Å². The van der Waals surface area contributed by atoms with Crippen LogP contribution in [0.25, 0.3) is 0 Å². The molecular weight excluding hydrogens is 308 g/mol. The summed E-state index contributed by atoms with van der Waals surface area (Å²) in [6.07, 6.45) is 0. The molecule has 0 spiro atoms. The maximum Gasteiger partial charge on any atom is 0.254 e. The first-order valence-electron chi connectivity index (χ1n) is 8.34. The third-order valence-electron chi connectivity index (χ3n) is 4.81. The van der Waals surface area contributed by atoms with Crippen LogP contribution in [0.15, 0.2) is 18.2 Å². The van der Waals surface area contributed by atoms with E-state index in [4.69, 9.17) is 9.47 Å². The van der Waals surface area contributed by atoms with Crippen LogP contribution in [0.3, 0.4) is 0 Å². The van der Waals surface area contributed by atoms with Gasteiger partial charge in [-0.1, -0.05) is 6.92 Å². The van der Waals surface area contributed by atoms with E-state index in [0.717, 1.165) is 13.1 Å². The number of carbonyl (C=O) groups excluding carboxylic acids is 1. The number of aliphatic hydroxyl groups excluding tert-OH is 1. The van der Waals surface area contributed by atoms with E-state index < -0.39 is 0 Å². The van der Waals surface area contributed by atoms with Crippen molar-refractivity contribution >= 4 is 5.91 Å². The first-order chi connectivity index (χ1) is 11.5. The second kappa shape index (κ2) is 8.35. The number of methoxy groups -OCH3 is 2. The maximum absolute atomic E-state index is 12.8. The third kappa shape index (κ3) is 3.99. The monoisotopic (exact) mass is 336 g/mol. The SMILES string of the molecule is CCN(C)C[C@@H]1CN(C(=O)c2ccc(OC)c(OC)c2)C[C@@H]1CO. The average Bonchev–Trinajstić information content (AvgIpc) is 3.02. The molecule has 0 unspecified atom stereocenters. The lowest BCUT2D eigenvalue weighted by atomic mass is 9.96. The van der Waals surface area contributed by atoms with Gasteiger partial charge >= 0.3 is 0 Å². The van der Waals surface area contributed by atoms with Gasteiger partial charge in [-0.15, -0.1) is 0 Å². The normalized spacial score (nSPS) is 20.5. The lowest BCUT2D eigenvalue weighted by Crippen LogP contribution is -2.32. The van der Waals surface area contributed by atoms with Gasteiger partial charge in [-0.3, -0.25) is 4.79 Å². The van der Waals surface area contributed by atoms with Crippen LogP contribution in [0.4, 0.5) is 0 Å². The van der Waals surface area contributed by atoms with Gasteiger partial charge in [-0.05, 0) is 37.7 Å². The van der Waals surface area contributed by atoms with Gasteiger partial charge in [0.1, 0.15) is 0 Å². The molecule has 1 amide bonds. The van der Waals surface area contributed by atoms with Crippen LogP contribution >= 0.6 is 0 Å². The van der Waals surface area contributed by atoms with E-state index in [2.05, 4.69) is 18.9 Å². The highest BCUT2D eigenvalue weighted by Crippen LogP contribution is 2.30. The van der Waals surface area contributed by atoms with Crippen molar-refractivity contribution in [3.8, 4) is 11.5 Å². The smallest absolute Gasteiger partial charge is 0.254 e. The summed E-state index contributed by atoms with van der Waals surface area (Å²) >= 11 is 0. The van der Waals surface area contributed by atoms with Crippen molar-refractivity contribution in [1.29, 1.82) is 0 Å². The Bertz CT molecular complexity index is 564. The molecule has 2 rings (SSSR count). The summed E-state index contributed by atoms with van der Waals surface area (Å²) in [5.74, 6) is 1.54. The van der Waals surface area contributed by atoms with Gasteiger partial charge in [-0.2, -0.15) is 0 Å². The fourth-order valence-electron chi connectivity index (χ4n) is 3.20. The van der Waals surface area contributed by atoms with E-state index in [-0.39, 0.29) is 18.4 Å². The summed E-state index contributed by atoms with van der Waals surface area (Å²) in [5, 5.41) is 9.65. The van der Waals surface area contributed by atoms with Crippen LogP contribution in [0.2, 0.25) is 0 Å². The number of amides is 1. The van der Waals surface area contributed by atoms with Gasteiger partial charge in [0.05, 0.1) is 14.2 Å². The molecule has 0 radical (unpaired) electrons. The number of hydrogen-bond donors (Lipinski definition) is 1. The van der Waals surface area contributed by atoms with E-state index in [0.29, 0.717) is 36.1 Å². The van der Waals surface area contributed by atoms with Crippen molar-refractivity contribution in [3.05, 3.63) is 23.8 Å². The quantitative estimate of drug-likeness (QED) is 0.814. The van der Waals surface area contributed by atoms with Crippen LogP contribution in [0.5, 0.6) is 11.5 Å². The molecular formula is C18H28N2O4. The molecule has 1 saturated heterocycles. The molecule has 0 aromatic heterocycles. The first-order valence-corrected chi connectivity index (χ1v) is 8.34. The first kappa shape index (κ1) is 18.5. The molecule has 1 aromatic carbocycles. The number of carbonyl (C=O) groups is 1. The molecule has 6 nitrogen and oxygen atoms in total. The number of likely N-dealkylation sites (tertiary alicyclic amines) is 1. The third-order valence-corrected chi connectivity index (χ3v) is 4.81. The van der Waals surface area contributed by atoms with Crippen molar-refractivity contribution in [3.63, 3.8) is 0 Å². The van der Waals surface area contributed by atoms with Gasteiger partial charge in [0, 0.05) is 37.7 Å². The van der Waals surface area contributed by atoms with Crippen molar-refractivity contribution in [2.75, 3.05) is 54.1 Å². The van der Waals surface area contributed by atoms with E-state index in [1.54, 1.807) is 32.4 Å². The van der Waals surface area contributed by atoms with E-state index >= 15 is 0 Å². The molecule has 0 saturated carbocycles. The number of rotatable bonds is 7. The molecule has 0 bridgehead atoms. The Kier molecular flexibility index (Phi) is 6.45. The number of ether oxygens (including phenoxy) is 2. The molecule has 1 aliphatic heterocycles. The largest absolute Gasteiger partial charge is 0.493 e. The average molecular weight is 336 g/mol. The van der Waals surface area contributed by atoms with Gasteiger partial charge in [0.25, 0.3) is 5.91 Å². The van der Waals surface area contributed by atoms with Gasteiger partial charge in [0.15, 0.2) is 11.5 Å². The minimum absolute atomic E-state index is 0.0314. The lowest BCUT2D eigenvalue weighted by molar-refractivity contribution is 0.0779. The topological polar surface area (TPSA) is 62.2 Å². The second-order valence-electron chi connectivity index (χ2n) is 6.34. The Morgan fingerprint density at radius 2 is 1.92 bits per heavy atom. The minimum atomic E-state index is -0.0314. The van der Waals surface area contributed by atoms with Crippen LogP contribution < -0.4 is 9.47 Å². The standard InChI is InChI=1S/C18H28N2O4/c1-5-19(2)9-14-10-20(11-15(14)12-21)18(22)13-6-7-16(23-3)17(8-13)24-4/h6-8,14-15,21H,5,9-12H2,1-4H3/t14-,15-/m1/s1. The van der Waals surface area contributed by atoms with Crippen molar-refractivity contribution in [2.45, 2.75) is 6.92 Å². The summed E-state index contributed by atoms with van der Waals surface area (Å²) in [6, 6.07) is 5.21. The van der Waals surface area contributed by atoms with Crippen molar-refractivity contribution < 1.29 is 19.4 Å². The van der Waals surface area contributed by atoms with E-state index in [1.807, 2.05) is 4.90 Å². The predicted octanol–water partition coefficient (Wildman–Crippen LogP) is 1.34. The van der Waals surface area contributed by atoms with Crippen molar-refractivity contribution in [1.82, 2.24) is 9.80 Å². The highest BCUT2D eigenvalue weighted by molar-refractivity contribution is 5.95. The summed E-state index contributed by atoms with van der Waals surface area (Å²) in [7, 11) is 5.19. The summed E-state index contributed by atoms with van der Waals surface area (Å²) in [4.78, 5) is 16.9. The second-order valence-corrected chi connectivity index (χ2v) is 6.34. The molecule has 0 aliphatic carbocycles. The number of benzene rings is 1. The minimum Gasteiger partial charge on any atom is -0.493 e. The maximum atomic E-state index is 12.8. The predicted molar refractivity (Wildman–Crippen MR) is 92.7 cm³/mol. The van der Waals surface area contributed by atoms with Crippen LogP contribution in [0, 0.1) is 11.8 Å². The molecule has 1 heterocycles. The van der Waals surface area contributed by atoms with Crippen LogP contribution in [-0.2, 0) is 0 Å². The number of nitrogens with zero attached hydrogens (tertiary/aromatic N) is 2. The van der Waals surface area contributed by atoms with E-state index in [1.165, 1.54) is 0 Å². The van der Waals surface area contributed by atoms with Gasteiger partial charge < -0.3 is 24.4 Å². The molecule has 6 heteroatoms. The molecule has 1 aliphatic rings. The Morgan fingerprint density at radius 1 is 1.25 bits per heavy atom. The fourth-order valence-corrected chi connectivity index (χ4v) is 3.20. The molecule has 24 heavy (non-hydrogen) atoms. The summed E-state index contributed by atoms with van der Waals surface area (Å²) < 4.78 is 10.5. The zero-order valence-corrected chi connectivity index (χ0v) is 15.0. The molecule has 134 valence electrons. The van der Waals surface area contributed by atoms with Crippen LogP contribution in [0.1, 0.15) is 17.3 Å². The Hall–Kier alpha value is -1.79. The Balaban J connectivity index is 2.12. The van der Waals surface area contributed by atoms with Gasteiger partial charge in [-0.25, -0.2) is 0 Å². The molecule has 2 atom stereocenters. The van der Waals surface area contributed by atoms with E-state index in [9.17, 15) is 9.90 Å². The highest BCUT2D eigenvalue weighted by atomic mass is 16.5. The Morgan fingerprint density at radius 3 is 2.50 bits per heavy atom. The number of aliphatic hydroxyl groups is 1. The van der Waals surface area contributed by atoms with Gasteiger partial charge in [0.2, 0.25) is 0 Å². The summed E-state index contributed by atoms with van der Waals surface area (Å²) in [6.45, 7) is 5.32. The zero-order chi connectivity index (χ0) is 17.7. The van der Waals surface area contributed by atoms with Crippen LogP contribution in [-0.4, -0.2) is 74.9 Å². The highest BCUT2D eigenvalue weighted by Gasteiger charge is 2.35. The zero-order valence-electron chi connectivity index (χ0n) is 15.0. The van der Waals surface area contributed by atoms with Crippen molar-refractivity contribution in [2.24, 2.45) is 11.8 Å². The lowest BCUT2D eigenvalue weighted by Gasteiger charge is -2.22.